The quantitative estimate of drug-likeness (QED) is 0.594. The number of carboxylic acids is 1. The number of ether oxygens (including phenoxy) is 1. The fraction of sp³-hybridized carbons (Fsp3) is 0.333. The zero-order chi connectivity index (χ0) is 16.2. The third-order valence-corrected chi connectivity index (χ3v) is 2.81. The number of Topliss-reactive ketones (excluding diaryl/α,β-unsaturated/α-hetero) is 1. The third-order valence-electron chi connectivity index (χ3n) is 2.41. The summed E-state index contributed by atoms with van der Waals surface area (Å²) in [5.41, 5.74) is -1.08. The highest BCUT2D eigenvalue weighted by Crippen LogP contribution is 2.34. The maximum atomic E-state index is 12.4. The van der Waals surface area contributed by atoms with Crippen molar-refractivity contribution in [1.29, 1.82) is 0 Å². The van der Waals surface area contributed by atoms with Gasteiger partial charge in [-0.3, -0.25) is 4.79 Å². The smallest absolute Gasteiger partial charge is 0.479 e. The Kier molecular flexibility index (Phi) is 5.73. The first-order chi connectivity index (χ1) is 9.67. The van der Waals surface area contributed by atoms with Gasteiger partial charge in [-0.05, 0) is 6.07 Å². The van der Waals surface area contributed by atoms with Crippen molar-refractivity contribution in [3.05, 3.63) is 29.3 Å². The maximum absolute atomic E-state index is 12.4. The van der Waals surface area contributed by atoms with E-state index in [1.165, 1.54) is 6.07 Å². The van der Waals surface area contributed by atoms with Gasteiger partial charge in [-0.15, -0.1) is 13.2 Å². The number of halogens is 4. The highest BCUT2D eigenvalue weighted by atomic mass is 79.9. The third kappa shape index (κ3) is 4.71. The van der Waals surface area contributed by atoms with Crippen molar-refractivity contribution in [1.82, 2.24) is 0 Å². The fourth-order valence-corrected chi connectivity index (χ4v) is 1.93. The molecule has 1 aromatic rings. The van der Waals surface area contributed by atoms with Crippen molar-refractivity contribution in [2.24, 2.45) is 0 Å². The van der Waals surface area contributed by atoms with E-state index >= 15 is 0 Å². The van der Waals surface area contributed by atoms with Crippen LogP contribution in [0.5, 0.6) is 5.75 Å². The Morgan fingerprint density at radius 1 is 1.33 bits per heavy atom. The van der Waals surface area contributed by atoms with E-state index in [-0.39, 0.29) is 11.8 Å². The van der Waals surface area contributed by atoms with E-state index in [9.17, 15) is 27.9 Å². The summed E-state index contributed by atoms with van der Waals surface area (Å²) in [4.78, 5) is 22.5. The Morgan fingerprint density at radius 3 is 2.43 bits per heavy atom. The second kappa shape index (κ2) is 6.90. The van der Waals surface area contributed by atoms with Crippen LogP contribution in [0.1, 0.15) is 28.4 Å². The molecule has 0 heterocycles. The molecule has 0 saturated heterocycles. The van der Waals surface area contributed by atoms with Gasteiger partial charge in [-0.25, -0.2) is 4.79 Å². The molecule has 2 N–H and O–H groups in total. The van der Waals surface area contributed by atoms with E-state index in [1.54, 1.807) is 0 Å². The summed E-state index contributed by atoms with van der Waals surface area (Å²) < 4.78 is 41.1. The molecular weight excluding hydrogens is 361 g/mol. The van der Waals surface area contributed by atoms with Gasteiger partial charge >= 0.3 is 12.3 Å². The minimum Gasteiger partial charge on any atom is -0.479 e. The molecule has 116 valence electrons. The summed E-state index contributed by atoms with van der Waals surface area (Å²) in [7, 11) is 0. The summed E-state index contributed by atoms with van der Waals surface area (Å²) in [6.45, 7) is 0. The van der Waals surface area contributed by atoms with E-state index < -0.39 is 41.1 Å². The van der Waals surface area contributed by atoms with Crippen LogP contribution in [0.15, 0.2) is 18.2 Å². The van der Waals surface area contributed by atoms with E-state index in [2.05, 4.69) is 20.7 Å². The molecule has 5 nitrogen and oxygen atoms in total. The maximum Gasteiger partial charge on any atom is 0.573 e. The van der Waals surface area contributed by atoms with Gasteiger partial charge in [0.1, 0.15) is 5.75 Å². The molecule has 0 saturated carbocycles. The number of aliphatic hydroxyl groups excluding tert-OH is 1. The van der Waals surface area contributed by atoms with Gasteiger partial charge in [0.2, 0.25) is 0 Å². The molecule has 1 atom stereocenters. The minimum absolute atomic E-state index is 0.110. The van der Waals surface area contributed by atoms with Crippen LogP contribution < -0.4 is 4.74 Å². The molecule has 9 heteroatoms. The SMILES string of the molecule is O=C(CCBr)c1cccc(C(O)C(=O)O)c1OC(F)(F)F. The molecule has 0 amide bonds. The Morgan fingerprint density at radius 2 is 1.95 bits per heavy atom. The zero-order valence-corrected chi connectivity index (χ0v) is 11.9. The number of rotatable bonds is 6. The molecule has 0 aliphatic carbocycles. The number of carbonyl (C=O) groups is 2. The minimum atomic E-state index is -5.13. The standard InChI is InChI=1S/C12H10BrF3O5/c13-5-4-8(17)6-2-1-3-7(9(18)11(19)20)10(6)21-12(14,15)16/h1-3,9,18H,4-5H2,(H,19,20). The lowest BCUT2D eigenvalue weighted by Gasteiger charge is -2.18. The van der Waals surface area contributed by atoms with Crippen molar-refractivity contribution in [3.63, 3.8) is 0 Å². The van der Waals surface area contributed by atoms with Crippen molar-refractivity contribution < 1.29 is 37.7 Å². The van der Waals surface area contributed by atoms with Gasteiger partial charge in [0.05, 0.1) is 5.56 Å². The first kappa shape index (κ1) is 17.4. The summed E-state index contributed by atoms with van der Waals surface area (Å²) in [5.74, 6) is -3.43. The average molecular weight is 371 g/mol. The van der Waals surface area contributed by atoms with Crippen LogP contribution in [-0.4, -0.2) is 33.7 Å². The monoisotopic (exact) mass is 370 g/mol. The lowest BCUT2D eigenvalue weighted by Crippen LogP contribution is -2.22. The van der Waals surface area contributed by atoms with Crippen LogP contribution in [0, 0.1) is 0 Å². The lowest BCUT2D eigenvalue weighted by atomic mass is 10.0. The first-order valence-corrected chi connectivity index (χ1v) is 6.68. The molecule has 0 aliphatic rings. The number of hydrogen-bond acceptors (Lipinski definition) is 4. The molecular formula is C12H10BrF3O5. The van der Waals surface area contributed by atoms with Crippen LogP contribution in [-0.2, 0) is 4.79 Å². The molecule has 1 rings (SSSR count). The van der Waals surface area contributed by atoms with Crippen molar-refractivity contribution >= 4 is 27.7 Å². The predicted molar refractivity (Wildman–Crippen MR) is 68.5 cm³/mol. The summed E-state index contributed by atoms with van der Waals surface area (Å²) in [6, 6.07) is 3.20. The van der Waals surface area contributed by atoms with E-state index in [0.717, 1.165) is 12.1 Å². The van der Waals surface area contributed by atoms with Crippen LogP contribution in [0.25, 0.3) is 0 Å². The van der Waals surface area contributed by atoms with E-state index in [4.69, 9.17) is 5.11 Å². The van der Waals surface area contributed by atoms with E-state index in [0.29, 0.717) is 0 Å². The molecule has 0 spiro atoms. The van der Waals surface area contributed by atoms with Crippen LogP contribution in [0.3, 0.4) is 0 Å². The Bertz CT molecular complexity index is 544. The highest BCUT2D eigenvalue weighted by Gasteiger charge is 2.36. The van der Waals surface area contributed by atoms with Gasteiger partial charge in [-0.2, -0.15) is 0 Å². The molecule has 0 bridgehead atoms. The van der Waals surface area contributed by atoms with Gasteiger partial charge < -0.3 is 14.9 Å². The summed E-state index contributed by atoms with van der Waals surface area (Å²) >= 11 is 2.98. The fourth-order valence-electron chi connectivity index (χ4n) is 1.57. The number of ketones is 1. The normalized spacial score (nSPS) is 12.8. The molecule has 0 aromatic heterocycles. The first-order valence-electron chi connectivity index (χ1n) is 5.56. The second-order valence-corrected chi connectivity index (χ2v) is 4.67. The Labute approximate surface area is 125 Å². The number of aliphatic carboxylic acids is 1. The molecule has 1 unspecified atom stereocenters. The van der Waals surface area contributed by atoms with Gasteiger partial charge in [0.25, 0.3) is 0 Å². The largest absolute Gasteiger partial charge is 0.573 e. The lowest BCUT2D eigenvalue weighted by molar-refractivity contribution is -0.275. The van der Waals surface area contributed by atoms with Gasteiger partial charge in [0, 0.05) is 17.3 Å². The molecule has 0 radical (unpaired) electrons. The molecule has 0 aliphatic heterocycles. The van der Waals surface area contributed by atoms with E-state index in [1.807, 2.05) is 0 Å². The van der Waals surface area contributed by atoms with Crippen LogP contribution >= 0.6 is 15.9 Å². The van der Waals surface area contributed by atoms with Crippen LogP contribution in [0.4, 0.5) is 13.2 Å². The topological polar surface area (TPSA) is 83.8 Å². The Balaban J connectivity index is 3.40. The number of para-hydroxylation sites is 1. The molecule has 1 aromatic carbocycles. The number of alkyl halides is 4. The average Bonchev–Trinajstić information content (AvgIpc) is 2.36. The van der Waals surface area contributed by atoms with Crippen molar-refractivity contribution in [2.45, 2.75) is 18.9 Å². The van der Waals surface area contributed by atoms with Crippen molar-refractivity contribution in [2.75, 3.05) is 5.33 Å². The molecule has 21 heavy (non-hydrogen) atoms. The Hall–Kier alpha value is -1.61. The number of hydrogen-bond donors (Lipinski definition) is 2. The molecule has 0 fully saturated rings. The van der Waals surface area contributed by atoms with Gasteiger partial charge in [0.15, 0.2) is 11.9 Å². The second-order valence-electron chi connectivity index (χ2n) is 3.87. The zero-order valence-electron chi connectivity index (χ0n) is 10.4. The van der Waals surface area contributed by atoms with Gasteiger partial charge in [-0.1, -0.05) is 28.1 Å². The number of carboxylic acid groups (broad SMARTS) is 1. The number of carbonyl (C=O) groups excluding carboxylic acids is 1. The number of benzene rings is 1. The van der Waals surface area contributed by atoms with Crippen LogP contribution in [0.2, 0.25) is 0 Å². The summed E-state index contributed by atoms with van der Waals surface area (Å²) in [5, 5.41) is 18.4. The number of aliphatic hydroxyl groups is 1. The van der Waals surface area contributed by atoms with Crippen molar-refractivity contribution in [3.8, 4) is 5.75 Å². The highest BCUT2D eigenvalue weighted by molar-refractivity contribution is 9.09. The summed E-state index contributed by atoms with van der Waals surface area (Å²) in [6.07, 6.45) is -7.47. The predicted octanol–water partition coefficient (Wildman–Crippen LogP) is 2.67.